The first-order chi connectivity index (χ1) is 21.5. The Morgan fingerprint density at radius 3 is 2.23 bits per heavy atom. The molecule has 0 aromatic carbocycles. The van der Waals surface area contributed by atoms with Gasteiger partial charge in [-0.1, -0.05) is 0 Å². The van der Waals surface area contributed by atoms with Crippen LogP contribution in [0.3, 0.4) is 0 Å². The third-order valence-electron chi connectivity index (χ3n) is 5.97. The standard InChI is InChI=1S/C27H22N8O9/c1-35(2)6-22(36)44-20-4-3-14-7-38-23(29-14)17-11-40-25(32-17)16-10-37-21(31-16)5-28-43-9-15-8-39-24(30-15)18-12-41-26(33-18)19-13-42-27(20)34-19/h3-4,7-8,10-13,20,28H,5-6,9H2,1-2H3/b4-3+. The van der Waals surface area contributed by atoms with Crippen LogP contribution in [0.1, 0.15) is 29.3 Å². The molecule has 0 radical (unpaired) electrons. The maximum absolute atomic E-state index is 12.6. The van der Waals surface area contributed by atoms with E-state index in [2.05, 4.69) is 35.4 Å². The third kappa shape index (κ3) is 5.82. The largest absolute Gasteiger partial charge is 0.447 e. The number of hydrogen-bond acceptors (Lipinski definition) is 17. The molecule has 0 amide bonds. The molecule has 6 aromatic rings. The van der Waals surface area contributed by atoms with Crippen molar-refractivity contribution < 1.29 is 40.9 Å². The summed E-state index contributed by atoms with van der Waals surface area (Å²) in [5, 5.41) is 0. The lowest BCUT2D eigenvalue weighted by Gasteiger charge is -2.13. The summed E-state index contributed by atoms with van der Waals surface area (Å²) in [6.07, 6.45) is 10.5. The van der Waals surface area contributed by atoms with Crippen LogP contribution >= 0.6 is 0 Å². The molecule has 224 valence electrons. The molecule has 17 nitrogen and oxygen atoms in total. The van der Waals surface area contributed by atoms with E-state index >= 15 is 0 Å². The zero-order valence-electron chi connectivity index (χ0n) is 23.1. The van der Waals surface area contributed by atoms with Gasteiger partial charge in [0.2, 0.25) is 35.3 Å². The number of aromatic nitrogens is 6. The number of carbonyl (C=O) groups excluding carboxylic acids is 1. The number of fused-ring (bicyclic) bond motifs is 16. The zero-order valence-corrected chi connectivity index (χ0v) is 23.1. The van der Waals surface area contributed by atoms with Crippen LogP contribution in [-0.4, -0.2) is 61.4 Å². The first kappa shape index (κ1) is 27.2. The van der Waals surface area contributed by atoms with Crippen LogP contribution in [0.25, 0.3) is 52.4 Å². The number of likely N-dealkylation sites (N-methyl/N-ethyl adjacent to an activating group) is 1. The van der Waals surface area contributed by atoms with E-state index in [1.165, 1.54) is 37.6 Å². The molecule has 0 aliphatic carbocycles. The van der Waals surface area contributed by atoms with Gasteiger partial charge in [0.15, 0.2) is 28.9 Å². The molecule has 1 aliphatic heterocycles. The van der Waals surface area contributed by atoms with E-state index in [4.69, 9.17) is 36.1 Å². The Hall–Kier alpha value is -5.65. The minimum atomic E-state index is -1.01. The van der Waals surface area contributed by atoms with Gasteiger partial charge in [-0.2, -0.15) is 5.48 Å². The second-order valence-electron chi connectivity index (χ2n) is 9.61. The van der Waals surface area contributed by atoms with Gasteiger partial charge in [0, 0.05) is 0 Å². The Kier molecular flexibility index (Phi) is 7.14. The van der Waals surface area contributed by atoms with Gasteiger partial charge in [0.05, 0.1) is 13.1 Å². The quantitative estimate of drug-likeness (QED) is 0.286. The van der Waals surface area contributed by atoms with Crippen molar-refractivity contribution in [1.82, 2.24) is 40.3 Å². The summed E-state index contributed by atoms with van der Waals surface area (Å²) in [7, 11) is 3.50. The zero-order chi connectivity index (χ0) is 30.0. The second-order valence-corrected chi connectivity index (χ2v) is 9.61. The van der Waals surface area contributed by atoms with Crippen molar-refractivity contribution in [2.75, 3.05) is 20.6 Å². The SMILES string of the molecule is CN(C)CC(=O)OC1/C=C/c2coc(n2)-c2coc(n2)-c2coc(n2)CNOCc2coc(n2)-c2coc(n2)-c2coc1n2. The number of esters is 1. The van der Waals surface area contributed by atoms with Gasteiger partial charge in [-0.3, -0.25) is 14.5 Å². The van der Waals surface area contributed by atoms with E-state index in [-0.39, 0.29) is 54.8 Å². The maximum Gasteiger partial charge on any atom is 0.321 e. The van der Waals surface area contributed by atoms with Gasteiger partial charge in [0.25, 0.3) is 0 Å². The highest BCUT2D eigenvalue weighted by atomic mass is 16.6. The van der Waals surface area contributed by atoms with E-state index in [9.17, 15) is 4.79 Å². The van der Waals surface area contributed by atoms with Crippen molar-refractivity contribution in [3.8, 4) is 46.3 Å². The molecule has 0 fully saturated rings. The molecule has 1 aliphatic rings. The number of nitrogens with zero attached hydrogens (tertiary/aromatic N) is 7. The molecule has 12 bridgehead atoms. The van der Waals surface area contributed by atoms with Gasteiger partial charge in [0.1, 0.15) is 55.6 Å². The van der Waals surface area contributed by atoms with E-state index in [1.54, 1.807) is 31.1 Å². The summed E-state index contributed by atoms with van der Waals surface area (Å²) in [4.78, 5) is 46.1. The van der Waals surface area contributed by atoms with Crippen LogP contribution in [-0.2, 0) is 27.5 Å². The number of hydroxylamine groups is 1. The predicted octanol–water partition coefficient (Wildman–Crippen LogP) is 3.68. The number of nitrogens with one attached hydrogen (secondary N) is 1. The molecule has 0 saturated heterocycles. The minimum Gasteiger partial charge on any atom is -0.447 e. The third-order valence-corrected chi connectivity index (χ3v) is 5.97. The van der Waals surface area contributed by atoms with Crippen molar-refractivity contribution in [3.63, 3.8) is 0 Å². The van der Waals surface area contributed by atoms with Crippen molar-refractivity contribution >= 4 is 12.0 Å². The highest BCUT2D eigenvalue weighted by Crippen LogP contribution is 2.28. The van der Waals surface area contributed by atoms with Crippen molar-refractivity contribution in [1.29, 1.82) is 0 Å². The Labute approximate surface area is 246 Å². The van der Waals surface area contributed by atoms with E-state index in [1.807, 2.05) is 0 Å². The number of oxazole rings is 6. The van der Waals surface area contributed by atoms with E-state index in [0.29, 0.717) is 34.4 Å². The molecule has 17 heteroatoms. The second kappa shape index (κ2) is 11.6. The van der Waals surface area contributed by atoms with Crippen LogP contribution < -0.4 is 5.48 Å². The number of carbonyl (C=O) groups is 1. The van der Waals surface area contributed by atoms with Gasteiger partial charge in [-0.15, -0.1) is 0 Å². The lowest BCUT2D eigenvalue weighted by Crippen LogP contribution is -2.24. The molecule has 44 heavy (non-hydrogen) atoms. The van der Waals surface area contributed by atoms with Crippen molar-refractivity contribution in [2.24, 2.45) is 0 Å². The number of ether oxygens (including phenoxy) is 1. The minimum absolute atomic E-state index is 0.0376. The van der Waals surface area contributed by atoms with Gasteiger partial charge in [-0.25, -0.2) is 29.9 Å². The monoisotopic (exact) mass is 602 g/mol. The molecule has 1 atom stereocenters. The molecule has 7 rings (SSSR count). The molecule has 0 saturated carbocycles. The van der Waals surface area contributed by atoms with E-state index in [0.717, 1.165) is 0 Å². The van der Waals surface area contributed by atoms with Crippen LogP contribution in [0.4, 0.5) is 0 Å². The smallest absolute Gasteiger partial charge is 0.321 e. The number of rotatable bonds is 3. The predicted molar refractivity (Wildman–Crippen MR) is 143 cm³/mol. The average Bonchev–Trinajstić information content (AvgIpc) is 3.84. The molecular weight excluding hydrogens is 580 g/mol. The summed E-state index contributed by atoms with van der Waals surface area (Å²) >= 11 is 0. The first-order valence-electron chi connectivity index (χ1n) is 13.1. The molecule has 0 spiro atoms. The lowest BCUT2D eigenvalue weighted by atomic mass is 10.3. The summed E-state index contributed by atoms with van der Waals surface area (Å²) in [6, 6.07) is 0. The molecular formula is C27H22N8O9. The van der Waals surface area contributed by atoms with Crippen LogP contribution in [0.15, 0.2) is 70.2 Å². The normalized spacial score (nSPS) is 15.9. The summed E-state index contributed by atoms with van der Waals surface area (Å²) in [6.45, 7) is 0.276. The Morgan fingerprint density at radius 2 is 1.43 bits per heavy atom. The average molecular weight is 603 g/mol. The highest BCUT2D eigenvalue weighted by molar-refractivity contribution is 5.72. The van der Waals surface area contributed by atoms with E-state index < -0.39 is 12.1 Å². The summed E-state index contributed by atoms with van der Waals surface area (Å²) in [5.74, 6) is 0.655. The Morgan fingerprint density at radius 1 is 0.795 bits per heavy atom. The van der Waals surface area contributed by atoms with Crippen molar-refractivity contribution in [2.45, 2.75) is 19.3 Å². The van der Waals surface area contributed by atoms with Crippen molar-refractivity contribution in [3.05, 3.63) is 66.8 Å². The topological polar surface area (TPSA) is 207 Å². The summed E-state index contributed by atoms with van der Waals surface area (Å²) < 4.78 is 39.1. The molecule has 1 N–H and O–H groups in total. The molecule has 7 heterocycles. The number of hydrogen-bond donors (Lipinski definition) is 1. The first-order valence-corrected chi connectivity index (χ1v) is 13.1. The van der Waals surface area contributed by atoms with Gasteiger partial charge >= 0.3 is 5.97 Å². The van der Waals surface area contributed by atoms with Gasteiger partial charge in [-0.05, 0) is 26.2 Å². The maximum atomic E-state index is 12.6. The Bertz CT molecular complexity index is 1920. The fraction of sp³-hybridized carbons (Fsp3) is 0.222. The highest BCUT2D eigenvalue weighted by Gasteiger charge is 2.24. The Balaban J connectivity index is 1.22. The molecule has 6 aromatic heterocycles. The van der Waals surface area contributed by atoms with Crippen LogP contribution in [0.5, 0.6) is 0 Å². The molecule has 1 unspecified atom stereocenters. The fourth-order valence-electron chi connectivity index (χ4n) is 3.99. The lowest BCUT2D eigenvalue weighted by molar-refractivity contribution is -0.148. The van der Waals surface area contributed by atoms with Crippen LogP contribution in [0.2, 0.25) is 0 Å². The van der Waals surface area contributed by atoms with Gasteiger partial charge < -0.3 is 31.2 Å². The summed E-state index contributed by atoms with van der Waals surface area (Å²) in [5.41, 5.74) is 4.95. The fourth-order valence-corrected chi connectivity index (χ4v) is 3.99. The van der Waals surface area contributed by atoms with Crippen LogP contribution in [0, 0.1) is 0 Å².